The van der Waals surface area contributed by atoms with E-state index in [4.69, 9.17) is 9.47 Å². The topological polar surface area (TPSA) is 88.7 Å². The van der Waals surface area contributed by atoms with E-state index in [1.54, 1.807) is 24.3 Å². The van der Waals surface area contributed by atoms with Crippen LogP contribution in [0.3, 0.4) is 0 Å². The summed E-state index contributed by atoms with van der Waals surface area (Å²) in [6.07, 6.45) is 2.02. The summed E-state index contributed by atoms with van der Waals surface area (Å²) in [4.78, 5) is 24.2. The Labute approximate surface area is 163 Å². The molecule has 2 aliphatic rings. The molecule has 2 atom stereocenters. The molecule has 146 valence electrons. The van der Waals surface area contributed by atoms with Gasteiger partial charge in [0, 0.05) is 24.4 Å². The Hall–Kier alpha value is -3.06. The molecule has 2 aliphatic heterocycles. The molecule has 2 aromatic carbocycles. The number of urea groups is 1. The third kappa shape index (κ3) is 4.43. The first-order chi connectivity index (χ1) is 13.7. The van der Waals surface area contributed by atoms with E-state index >= 15 is 0 Å². The largest absolute Gasteiger partial charge is 0.488 e. The smallest absolute Gasteiger partial charge is 0.319 e. The minimum atomic E-state index is -0.368. The molecular formula is C21H23N3O4. The van der Waals surface area contributed by atoms with Crippen molar-refractivity contribution in [3.05, 3.63) is 54.1 Å². The molecule has 1 fully saturated rings. The van der Waals surface area contributed by atoms with Gasteiger partial charge in [-0.25, -0.2) is 4.79 Å². The predicted molar refractivity (Wildman–Crippen MR) is 106 cm³/mol. The molecule has 0 unspecified atom stereocenters. The van der Waals surface area contributed by atoms with Crippen molar-refractivity contribution >= 4 is 23.3 Å². The number of hydrogen-bond donors (Lipinski definition) is 3. The lowest BCUT2D eigenvalue weighted by Gasteiger charge is -2.13. The van der Waals surface area contributed by atoms with E-state index in [9.17, 15) is 9.59 Å². The maximum Gasteiger partial charge on any atom is 0.319 e. The summed E-state index contributed by atoms with van der Waals surface area (Å²) in [5.41, 5.74) is 2.47. The van der Waals surface area contributed by atoms with Gasteiger partial charge in [0.2, 0.25) is 0 Å². The number of amides is 3. The average Bonchev–Trinajstić information content (AvgIpc) is 3.37. The van der Waals surface area contributed by atoms with Gasteiger partial charge in [-0.2, -0.15) is 0 Å². The highest BCUT2D eigenvalue weighted by molar-refractivity contribution is 5.95. The number of hydrogen-bond acceptors (Lipinski definition) is 4. The lowest BCUT2D eigenvalue weighted by molar-refractivity contribution is -0.124. The van der Waals surface area contributed by atoms with Crippen molar-refractivity contribution in [1.82, 2.24) is 5.32 Å². The first kappa shape index (κ1) is 18.3. The summed E-state index contributed by atoms with van der Waals surface area (Å²) in [5, 5.41) is 8.44. The SMILES string of the molecule is O=C(NC[C@H]1Cc2ccccc2O1)Nc1ccc(NC(=O)[C@@H]2CCCO2)cc1. The number of carbonyl (C=O) groups excluding carboxylic acids is 2. The zero-order valence-corrected chi connectivity index (χ0v) is 15.4. The Kier molecular flexibility index (Phi) is 5.43. The van der Waals surface area contributed by atoms with Gasteiger partial charge in [0.15, 0.2) is 0 Å². The molecule has 7 heteroatoms. The molecule has 0 aliphatic carbocycles. The third-order valence-electron chi connectivity index (χ3n) is 4.84. The molecule has 2 heterocycles. The first-order valence-electron chi connectivity index (χ1n) is 9.49. The highest BCUT2D eigenvalue weighted by Gasteiger charge is 2.24. The van der Waals surface area contributed by atoms with Gasteiger partial charge in [-0.1, -0.05) is 18.2 Å². The normalized spacial score (nSPS) is 20.1. The number of anilines is 2. The molecule has 3 N–H and O–H groups in total. The fourth-order valence-corrected chi connectivity index (χ4v) is 3.39. The molecule has 4 rings (SSSR count). The number of benzene rings is 2. The van der Waals surface area contributed by atoms with Gasteiger partial charge in [0.05, 0.1) is 6.54 Å². The minimum absolute atomic E-state index is 0.0569. The number of rotatable bonds is 5. The number of fused-ring (bicyclic) bond motifs is 1. The van der Waals surface area contributed by atoms with Gasteiger partial charge in [-0.15, -0.1) is 0 Å². The predicted octanol–water partition coefficient (Wildman–Crippen LogP) is 2.93. The lowest BCUT2D eigenvalue weighted by atomic mass is 10.1. The van der Waals surface area contributed by atoms with E-state index in [2.05, 4.69) is 16.0 Å². The van der Waals surface area contributed by atoms with Crippen LogP contribution in [0.25, 0.3) is 0 Å². The van der Waals surface area contributed by atoms with Crippen molar-refractivity contribution in [3.63, 3.8) is 0 Å². The quantitative estimate of drug-likeness (QED) is 0.743. The van der Waals surface area contributed by atoms with Gasteiger partial charge in [0.1, 0.15) is 18.0 Å². The molecule has 2 aromatic rings. The van der Waals surface area contributed by atoms with Gasteiger partial charge in [0.25, 0.3) is 5.91 Å². The fraction of sp³-hybridized carbons (Fsp3) is 0.333. The molecule has 0 spiro atoms. The number of ether oxygens (including phenoxy) is 2. The molecule has 0 saturated carbocycles. The van der Waals surface area contributed by atoms with Crippen LogP contribution in [0.15, 0.2) is 48.5 Å². The van der Waals surface area contributed by atoms with Crippen LogP contribution in [-0.2, 0) is 16.0 Å². The van der Waals surface area contributed by atoms with E-state index in [0.717, 1.165) is 30.6 Å². The Morgan fingerprint density at radius 2 is 1.75 bits per heavy atom. The van der Waals surface area contributed by atoms with Crippen LogP contribution >= 0.6 is 0 Å². The summed E-state index contributed by atoms with van der Waals surface area (Å²) in [7, 11) is 0. The zero-order chi connectivity index (χ0) is 19.3. The van der Waals surface area contributed by atoms with Crippen LogP contribution in [-0.4, -0.2) is 37.3 Å². The van der Waals surface area contributed by atoms with E-state index in [0.29, 0.717) is 24.5 Å². The molecule has 7 nitrogen and oxygen atoms in total. The van der Waals surface area contributed by atoms with Crippen molar-refractivity contribution in [1.29, 1.82) is 0 Å². The Morgan fingerprint density at radius 1 is 1.00 bits per heavy atom. The second-order valence-corrected chi connectivity index (χ2v) is 6.95. The second-order valence-electron chi connectivity index (χ2n) is 6.95. The minimum Gasteiger partial charge on any atom is -0.488 e. The van der Waals surface area contributed by atoms with Crippen LogP contribution in [0.5, 0.6) is 5.75 Å². The molecule has 3 amide bonds. The van der Waals surface area contributed by atoms with Crippen molar-refractivity contribution in [2.75, 3.05) is 23.8 Å². The highest BCUT2D eigenvalue weighted by Crippen LogP contribution is 2.27. The van der Waals surface area contributed by atoms with Crippen molar-refractivity contribution in [3.8, 4) is 5.75 Å². The van der Waals surface area contributed by atoms with Crippen LogP contribution < -0.4 is 20.7 Å². The van der Waals surface area contributed by atoms with Crippen LogP contribution in [0.2, 0.25) is 0 Å². The maximum absolute atomic E-state index is 12.1. The van der Waals surface area contributed by atoms with Gasteiger partial charge in [-0.3, -0.25) is 4.79 Å². The molecule has 28 heavy (non-hydrogen) atoms. The van der Waals surface area contributed by atoms with Gasteiger partial charge < -0.3 is 25.4 Å². The Morgan fingerprint density at radius 3 is 2.46 bits per heavy atom. The van der Waals surface area contributed by atoms with Crippen molar-refractivity contribution < 1.29 is 19.1 Å². The van der Waals surface area contributed by atoms with Gasteiger partial charge in [-0.05, 0) is 48.7 Å². The number of carbonyl (C=O) groups is 2. The van der Waals surface area contributed by atoms with E-state index in [-0.39, 0.29) is 24.1 Å². The number of nitrogens with one attached hydrogen (secondary N) is 3. The summed E-state index contributed by atoms with van der Waals surface area (Å²) < 4.78 is 11.2. The second kappa shape index (κ2) is 8.31. The highest BCUT2D eigenvalue weighted by atomic mass is 16.5. The van der Waals surface area contributed by atoms with E-state index in [1.807, 2.05) is 24.3 Å². The Bertz CT molecular complexity index is 822. The monoisotopic (exact) mass is 381 g/mol. The van der Waals surface area contributed by atoms with E-state index < -0.39 is 0 Å². The molecular weight excluding hydrogens is 358 g/mol. The zero-order valence-electron chi connectivity index (χ0n) is 15.4. The maximum atomic E-state index is 12.1. The van der Waals surface area contributed by atoms with Gasteiger partial charge >= 0.3 is 6.03 Å². The summed E-state index contributed by atoms with van der Waals surface area (Å²) >= 11 is 0. The first-order valence-corrected chi connectivity index (χ1v) is 9.49. The average molecular weight is 381 g/mol. The number of para-hydroxylation sites is 1. The summed E-state index contributed by atoms with van der Waals surface area (Å²) in [5.74, 6) is 0.754. The molecule has 0 aromatic heterocycles. The van der Waals surface area contributed by atoms with Crippen molar-refractivity contribution in [2.24, 2.45) is 0 Å². The fourth-order valence-electron chi connectivity index (χ4n) is 3.39. The van der Waals surface area contributed by atoms with Crippen LogP contribution in [0.4, 0.5) is 16.2 Å². The lowest BCUT2D eigenvalue weighted by Crippen LogP contribution is -2.37. The summed E-state index contributed by atoms with van der Waals surface area (Å²) in [6.45, 7) is 1.06. The third-order valence-corrected chi connectivity index (χ3v) is 4.84. The van der Waals surface area contributed by atoms with E-state index in [1.165, 1.54) is 0 Å². The summed E-state index contributed by atoms with van der Waals surface area (Å²) in [6, 6.07) is 14.6. The standard InChI is InChI=1S/C21H23N3O4/c25-20(19-6-3-11-27-19)23-15-7-9-16(10-8-15)24-21(26)22-13-17-12-14-4-1-2-5-18(14)28-17/h1-2,4-5,7-10,17,19H,3,6,11-13H2,(H,23,25)(H2,22,24,26)/t17-,19+/m1/s1. The van der Waals surface area contributed by atoms with Crippen LogP contribution in [0.1, 0.15) is 18.4 Å². The Balaban J connectivity index is 1.22. The van der Waals surface area contributed by atoms with Crippen LogP contribution in [0, 0.1) is 0 Å². The molecule has 1 saturated heterocycles. The molecule has 0 bridgehead atoms. The molecule has 0 radical (unpaired) electrons. The van der Waals surface area contributed by atoms with Crippen molar-refractivity contribution in [2.45, 2.75) is 31.5 Å².